The number of halogens is 1. The number of carbonyl (C=O) groups is 12. The summed E-state index contributed by atoms with van der Waals surface area (Å²) in [7, 11) is 0. The van der Waals surface area contributed by atoms with E-state index in [1.165, 1.54) is 18.7 Å². The van der Waals surface area contributed by atoms with Crippen LogP contribution in [0, 0.1) is 11.3 Å². The van der Waals surface area contributed by atoms with E-state index in [0.717, 1.165) is 16.3 Å². The predicted octanol–water partition coefficient (Wildman–Crippen LogP) is 1.51. The van der Waals surface area contributed by atoms with Crippen molar-refractivity contribution in [1.82, 2.24) is 63.0 Å². The molecular formula is C80H102ClN17O14. The van der Waals surface area contributed by atoms with Crippen molar-refractivity contribution in [2.75, 3.05) is 51.3 Å². The zero-order valence-electron chi connectivity index (χ0n) is 63.2. The molecule has 2 saturated heterocycles. The first-order valence-corrected chi connectivity index (χ1v) is 37.7. The summed E-state index contributed by atoms with van der Waals surface area (Å²) in [4.78, 5) is 173. The number of guanidine groups is 1. The molecule has 2 aliphatic rings. The van der Waals surface area contributed by atoms with E-state index < -0.39 is 132 Å². The van der Waals surface area contributed by atoms with Gasteiger partial charge in [0.25, 0.3) is 0 Å². The Morgan fingerprint density at radius 1 is 0.527 bits per heavy atom. The monoisotopic (exact) mass is 1560 g/mol. The summed E-state index contributed by atoms with van der Waals surface area (Å²) < 4.78 is 5.55. The van der Waals surface area contributed by atoms with Crippen molar-refractivity contribution in [3.05, 3.63) is 184 Å². The van der Waals surface area contributed by atoms with Crippen molar-refractivity contribution in [2.24, 2.45) is 23.1 Å². The number of carbonyl (C=O) groups excluding carboxylic acids is 12. The lowest BCUT2D eigenvalue weighted by Gasteiger charge is -2.31. The van der Waals surface area contributed by atoms with Crippen LogP contribution in [0.2, 0.25) is 5.02 Å². The third-order valence-electron chi connectivity index (χ3n) is 19.2. The van der Waals surface area contributed by atoms with Crippen molar-refractivity contribution in [3.63, 3.8) is 0 Å². The molecule has 10 atom stereocenters. The fourth-order valence-corrected chi connectivity index (χ4v) is 13.4. The Balaban J connectivity index is 1.08. The second kappa shape index (κ2) is 42.6. The average Bonchev–Trinajstić information content (AvgIpc) is 1.50. The van der Waals surface area contributed by atoms with E-state index in [-0.39, 0.29) is 88.7 Å². The Kier molecular flexibility index (Phi) is 32.7. The summed E-state index contributed by atoms with van der Waals surface area (Å²) in [5.41, 5.74) is 20.7. The molecule has 112 heavy (non-hydrogen) atoms. The lowest BCUT2D eigenvalue weighted by Crippen LogP contribution is -2.62. The molecule has 2 fully saturated rings. The normalized spacial score (nSPS) is 15.9. The minimum Gasteiger partial charge on any atom is -0.394 e. The van der Waals surface area contributed by atoms with Gasteiger partial charge in [0.15, 0.2) is 5.96 Å². The summed E-state index contributed by atoms with van der Waals surface area (Å²) in [5, 5.41) is 50.6. The molecule has 0 bridgehead atoms. The Labute approximate surface area is 655 Å². The topological polar surface area (TPSA) is 475 Å². The molecule has 0 radical (unpaired) electrons. The molecule has 0 saturated carbocycles. The molecule has 0 spiro atoms. The highest BCUT2D eigenvalue weighted by Crippen LogP contribution is 2.24. The maximum Gasteiger partial charge on any atom is 0.312 e. The number of nitrogens with two attached hydrogens (primary N) is 3. The molecule has 598 valence electrons. The summed E-state index contributed by atoms with van der Waals surface area (Å²) in [6, 6.07) is 26.5. The molecule has 8 rings (SSSR count). The van der Waals surface area contributed by atoms with Crippen LogP contribution in [0.25, 0.3) is 10.8 Å². The summed E-state index contributed by atoms with van der Waals surface area (Å²) in [6.07, 6.45) is -0.103. The number of hydrogen-bond donors (Lipinski definition) is 16. The van der Waals surface area contributed by atoms with Crippen LogP contribution in [-0.2, 0) is 96.1 Å². The van der Waals surface area contributed by atoms with Gasteiger partial charge in [-0.2, -0.15) is 0 Å². The average molecular weight is 1560 g/mol. The smallest absolute Gasteiger partial charge is 0.312 e. The van der Waals surface area contributed by atoms with E-state index in [4.69, 9.17) is 38.9 Å². The molecule has 2 heterocycles. The van der Waals surface area contributed by atoms with Gasteiger partial charge in [-0.25, -0.2) is 4.79 Å². The minimum absolute atomic E-state index is 0.00908. The predicted molar refractivity (Wildman–Crippen MR) is 421 cm³/mol. The van der Waals surface area contributed by atoms with Crippen molar-refractivity contribution in [1.29, 1.82) is 5.41 Å². The zero-order chi connectivity index (χ0) is 81.0. The van der Waals surface area contributed by atoms with E-state index in [0.29, 0.717) is 77.8 Å². The van der Waals surface area contributed by atoms with Crippen LogP contribution in [0.1, 0.15) is 93.2 Å². The molecule has 0 aromatic heterocycles. The number of aliphatic hydroxyl groups excluding tert-OH is 1. The van der Waals surface area contributed by atoms with Gasteiger partial charge in [-0.15, -0.1) is 0 Å². The lowest BCUT2D eigenvalue weighted by molar-refractivity contribution is -0.142. The van der Waals surface area contributed by atoms with Gasteiger partial charge in [0, 0.05) is 82.5 Å². The van der Waals surface area contributed by atoms with Crippen LogP contribution in [0.3, 0.4) is 0 Å². The number of nitrogens with zero attached hydrogens (tertiary/aromatic N) is 2. The maximum atomic E-state index is 15.4. The van der Waals surface area contributed by atoms with Gasteiger partial charge in [0.05, 0.1) is 19.8 Å². The van der Waals surface area contributed by atoms with Crippen LogP contribution in [0.5, 0.6) is 0 Å². The number of ether oxygens (including phenoxy) is 1. The summed E-state index contributed by atoms with van der Waals surface area (Å²) >= 11 is 6.27. The number of nitrogens with one attached hydrogen (secondary N) is 12. The third-order valence-corrected chi connectivity index (χ3v) is 19.4. The number of fused-ring (bicyclic) bond motifs is 1. The molecule has 19 N–H and O–H groups in total. The highest BCUT2D eigenvalue weighted by atomic mass is 35.5. The van der Waals surface area contributed by atoms with Crippen LogP contribution in [-0.4, -0.2) is 198 Å². The summed E-state index contributed by atoms with van der Waals surface area (Å²) in [5.74, 6) is -9.42. The van der Waals surface area contributed by atoms with E-state index in [1.807, 2.05) is 42.5 Å². The van der Waals surface area contributed by atoms with Gasteiger partial charge in [0.2, 0.25) is 65.0 Å². The van der Waals surface area contributed by atoms with Crippen molar-refractivity contribution >= 4 is 105 Å². The fourth-order valence-electron chi connectivity index (χ4n) is 13.3. The number of hydrogen-bond acceptors (Lipinski definition) is 16. The molecule has 0 unspecified atom stereocenters. The minimum atomic E-state index is -1.83. The first-order chi connectivity index (χ1) is 53.6. The van der Waals surface area contributed by atoms with Crippen LogP contribution >= 0.6 is 11.6 Å². The number of likely N-dealkylation sites (tertiary alicyclic amines) is 1. The van der Waals surface area contributed by atoms with Gasteiger partial charge in [-0.1, -0.05) is 147 Å². The number of primary amides is 2. The number of amides is 13. The number of rotatable bonds is 39. The van der Waals surface area contributed by atoms with Crippen molar-refractivity contribution < 1.29 is 67.4 Å². The Morgan fingerprint density at radius 2 is 0.991 bits per heavy atom. The SMILES string of the molecule is CC(=O)Nc1ccc(C[C@@H](NC(=O)[C@H](Cc2ccc(CN3CCOCC3)cc2)NC(=O)[C@H](CO)NC(=O)[C@@H](Cc2ccccc2)NC(=O)[C@@H](Cc2ccc(Cl)cc2)NC(=O)[C@@H](Cc2cccc3ccccc23)NC(N)=O)C(=O)N[C@@H](CC(C)C)C(=O)N[C@@H](CCCNC(=N)N)C(=O)N2CCC[C@H]2C(=O)N[C@H](C)C(N)=O)cc1. The number of urea groups is 1. The Bertz CT molecular complexity index is 4260. The quantitative estimate of drug-likeness (QED) is 0.0148. The van der Waals surface area contributed by atoms with Gasteiger partial charge in [-0.3, -0.25) is 63.0 Å². The molecule has 6 aromatic carbocycles. The largest absolute Gasteiger partial charge is 0.394 e. The molecule has 31 nitrogen and oxygen atoms in total. The molecule has 6 aromatic rings. The highest BCUT2D eigenvalue weighted by molar-refractivity contribution is 6.30. The van der Waals surface area contributed by atoms with Gasteiger partial charge >= 0.3 is 6.03 Å². The lowest BCUT2D eigenvalue weighted by atomic mass is 9.97. The molecule has 0 aliphatic carbocycles. The van der Waals surface area contributed by atoms with Gasteiger partial charge < -0.3 is 90.4 Å². The van der Waals surface area contributed by atoms with Gasteiger partial charge in [0.1, 0.15) is 60.4 Å². The number of aliphatic hydroxyl groups is 1. The number of morpholine rings is 1. The van der Waals surface area contributed by atoms with E-state index in [9.17, 15) is 53.1 Å². The second-order valence-electron chi connectivity index (χ2n) is 28.5. The standard InChI is InChI=1S/C80H102ClN17O14/c1-47(2)39-61(70(102)89-60(19-11-33-86-79(83)84)78(110)98-34-12-20-68(98)77(109)87-48(3)69(82)101)90-71(103)64(43-53-27-31-58(32-28-53)88-49(4)100)92-73(105)65(41-51-21-23-54(24-22-51)45-97-35-37-112-38-36-97)94-76(108)67(46-99)95-74(106)62(40-50-13-6-5-7-14-50)91-72(104)63(42-52-25-29-57(81)30-26-52)93-75(107)66(96-80(85)111)44-56-17-10-16-55-15-8-9-18-59(55)56/h5-10,13-18,21-32,47-48,60-68,99H,11-12,19-20,33-46H2,1-4H3,(H2,82,101)(H,87,109)(H,88,100)(H,89,102)(H,90,103)(H,91,104)(H,92,105)(H,93,107)(H,94,108)(H,95,106)(H4,83,84,86)(H3,85,96,111)/t48-,60+,61+,62-,63-,64-,65+,66-,67+,68+/m1/s1. The summed E-state index contributed by atoms with van der Waals surface area (Å²) in [6.45, 7) is 8.61. The second-order valence-corrected chi connectivity index (χ2v) is 28.9. The zero-order valence-corrected chi connectivity index (χ0v) is 63.9. The molecule has 32 heteroatoms. The van der Waals surface area contributed by atoms with Crippen molar-refractivity contribution in [3.8, 4) is 0 Å². The van der Waals surface area contributed by atoms with E-state index >= 15 is 9.59 Å². The fraction of sp³-hybridized carbons (Fsp3) is 0.412. The first-order valence-electron chi connectivity index (χ1n) is 37.4. The Hall–Kier alpha value is -11.5. The van der Waals surface area contributed by atoms with Crippen LogP contribution < -0.4 is 75.7 Å². The molecule has 2 aliphatic heterocycles. The number of benzene rings is 6. The van der Waals surface area contributed by atoms with Crippen molar-refractivity contribution in [2.45, 2.75) is 159 Å². The van der Waals surface area contributed by atoms with Crippen LogP contribution in [0.4, 0.5) is 10.5 Å². The van der Waals surface area contributed by atoms with Crippen LogP contribution in [0.15, 0.2) is 146 Å². The number of anilines is 1. The van der Waals surface area contributed by atoms with E-state index in [1.54, 1.807) is 117 Å². The van der Waals surface area contributed by atoms with E-state index in [2.05, 4.69) is 63.4 Å². The third kappa shape index (κ3) is 26.9. The molecule has 13 amide bonds. The van der Waals surface area contributed by atoms with Gasteiger partial charge in [-0.05, 0) is 113 Å². The first kappa shape index (κ1) is 86.1. The highest BCUT2D eigenvalue weighted by Gasteiger charge is 2.41. The Morgan fingerprint density at radius 3 is 1.52 bits per heavy atom. The maximum absolute atomic E-state index is 15.4. The molecular weight excluding hydrogens is 1460 g/mol.